The van der Waals surface area contributed by atoms with Gasteiger partial charge in [0.15, 0.2) is 5.16 Å². The highest BCUT2D eigenvalue weighted by molar-refractivity contribution is 7.99. The molecule has 7 heteroatoms. The number of aromatic amines is 1. The molecule has 0 atom stereocenters. The highest BCUT2D eigenvalue weighted by atomic mass is 32.2. The van der Waals surface area contributed by atoms with Crippen molar-refractivity contribution in [2.75, 3.05) is 0 Å². The van der Waals surface area contributed by atoms with E-state index < -0.39 is 0 Å². The number of hydrogen-bond donors (Lipinski definition) is 2. The van der Waals surface area contributed by atoms with E-state index in [-0.39, 0.29) is 17.5 Å². The van der Waals surface area contributed by atoms with Gasteiger partial charge in [0.2, 0.25) is 5.56 Å². The minimum Gasteiger partial charge on any atom is -0.349 e. The second-order valence-electron chi connectivity index (χ2n) is 6.01. The summed E-state index contributed by atoms with van der Waals surface area (Å²) in [5, 5.41) is 4.34. The molecular formula is C17H20N4O2S. The van der Waals surface area contributed by atoms with E-state index in [0.29, 0.717) is 16.5 Å². The minimum absolute atomic E-state index is 0.158. The van der Waals surface area contributed by atoms with Gasteiger partial charge in [-0.1, -0.05) is 11.8 Å². The van der Waals surface area contributed by atoms with Crippen molar-refractivity contribution in [2.45, 2.75) is 49.1 Å². The van der Waals surface area contributed by atoms with E-state index >= 15 is 0 Å². The second-order valence-corrected chi connectivity index (χ2v) is 7.28. The van der Waals surface area contributed by atoms with Crippen LogP contribution in [0.15, 0.2) is 40.5 Å². The number of carbonyl (C=O) groups is 1. The monoisotopic (exact) mass is 344 g/mol. The average molecular weight is 344 g/mol. The summed E-state index contributed by atoms with van der Waals surface area (Å²) in [6, 6.07) is 5.01. The third-order valence-corrected chi connectivity index (χ3v) is 5.29. The molecule has 1 aliphatic carbocycles. The lowest BCUT2D eigenvalue weighted by atomic mass is 9.94. The maximum Gasteiger partial charge on any atom is 0.251 e. The highest BCUT2D eigenvalue weighted by Gasteiger charge is 2.24. The molecule has 0 aromatic carbocycles. The Morgan fingerprint density at radius 1 is 1.21 bits per heavy atom. The first-order valence-electron chi connectivity index (χ1n) is 8.05. The van der Waals surface area contributed by atoms with E-state index in [2.05, 4.69) is 20.3 Å². The van der Waals surface area contributed by atoms with E-state index in [1.165, 1.54) is 6.07 Å². The van der Waals surface area contributed by atoms with Crippen molar-refractivity contribution >= 4 is 17.7 Å². The molecule has 3 rings (SSSR count). The standard InChI is InChI=1S/C17H20N4O2S/c1-11-9-12(10-15(22)20-11)16(23)21-13-3-5-14(6-4-13)24-17-18-7-2-8-19-17/h2,7-10,13-14H,3-6H2,1H3,(H,20,22)(H,21,23). The third kappa shape index (κ3) is 4.44. The van der Waals surface area contributed by atoms with Gasteiger partial charge >= 0.3 is 0 Å². The molecule has 0 saturated heterocycles. The maximum absolute atomic E-state index is 12.3. The fourth-order valence-corrected chi connectivity index (χ4v) is 3.95. The molecule has 0 spiro atoms. The minimum atomic E-state index is -0.247. The third-order valence-electron chi connectivity index (χ3n) is 4.06. The van der Waals surface area contributed by atoms with Crippen molar-refractivity contribution in [1.82, 2.24) is 20.3 Å². The van der Waals surface area contributed by atoms with Crippen LogP contribution in [0.2, 0.25) is 0 Å². The predicted octanol–water partition coefficient (Wildman–Crippen LogP) is 2.31. The number of nitrogens with zero attached hydrogens (tertiary/aromatic N) is 2. The van der Waals surface area contributed by atoms with Crippen molar-refractivity contribution in [1.29, 1.82) is 0 Å². The van der Waals surface area contributed by atoms with Crippen molar-refractivity contribution < 1.29 is 4.79 Å². The Hall–Kier alpha value is -2.15. The van der Waals surface area contributed by atoms with Crippen LogP contribution in [0.4, 0.5) is 0 Å². The van der Waals surface area contributed by atoms with E-state index in [9.17, 15) is 9.59 Å². The summed E-state index contributed by atoms with van der Waals surface area (Å²) < 4.78 is 0. The van der Waals surface area contributed by atoms with Gasteiger partial charge in [-0.2, -0.15) is 0 Å². The van der Waals surface area contributed by atoms with Crippen LogP contribution in [0.25, 0.3) is 0 Å². The van der Waals surface area contributed by atoms with Crippen molar-refractivity contribution in [3.63, 3.8) is 0 Å². The first-order valence-corrected chi connectivity index (χ1v) is 8.93. The van der Waals surface area contributed by atoms with Crippen LogP contribution < -0.4 is 10.9 Å². The summed E-state index contributed by atoms with van der Waals surface area (Å²) in [5.74, 6) is -0.174. The van der Waals surface area contributed by atoms with Crippen LogP contribution in [-0.4, -0.2) is 32.2 Å². The molecule has 0 radical (unpaired) electrons. The Labute approximate surface area is 144 Å². The molecule has 126 valence electrons. The fourth-order valence-electron chi connectivity index (χ4n) is 2.90. The van der Waals surface area contributed by atoms with Gasteiger partial charge in [0, 0.05) is 41.0 Å². The molecule has 1 fully saturated rings. The molecule has 2 aromatic heterocycles. The number of rotatable bonds is 4. The molecule has 2 aromatic rings. The Bertz CT molecular complexity index is 755. The van der Waals surface area contributed by atoms with Crippen molar-refractivity contribution in [3.8, 4) is 0 Å². The van der Waals surface area contributed by atoms with E-state index in [0.717, 1.165) is 30.8 Å². The lowest BCUT2D eigenvalue weighted by Gasteiger charge is -2.28. The molecule has 6 nitrogen and oxygen atoms in total. The first kappa shape index (κ1) is 16.7. The van der Waals surface area contributed by atoms with E-state index in [1.54, 1.807) is 37.1 Å². The summed E-state index contributed by atoms with van der Waals surface area (Å²) >= 11 is 1.71. The zero-order valence-corrected chi connectivity index (χ0v) is 14.3. The van der Waals surface area contributed by atoms with Gasteiger partial charge in [0.25, 0.3) is 5.91 Å². The number of thioether (sulfide) groups is 1. The molecule has 2 N–H and O–H groups in total. The highest BCUT2D eigenvalue weighted by Crippen LogP contribution is 2.31. The van der Waals surface area contributed by atoms with Gasteiger partial charge in [-0.05, 0) is 44.7 Å². The van der Waals surface area contributed by atoms with Crippen LogP contribution in [0.1, 0.15) is 41.7 Å². The van der Waals surface area contributed by atoms with Crippen LogP contribution in [0.3, 0.4) is 0 Å². The summed E-state index contributed by atoms with van der Waals surface area (Å²) in [7, 11) is 0. The molecule has 0 aliphatic heterocycles. The SMILES string of the molecule is Cc1cc(C(=O)NC2CCC(Sc3ncccn3)CC2)cc(=O)[nH]1. The van der Waals surface area contributed by atoms with Crippen LogP contribution in [-0.2, 0) is 0 Å². The van der Waals surface area contributed by atoms with Gasteiger partial charge in [0.1, 0.15) is 0 Å². The van der Waals surface area contributed by atoms with Gasteiger partial charge in [-0.3, -0.25) is 9.59 Å². The quantitative estimate of drug-likeness (QED) is 0.831. The van der Waals surface area contributed by atoms with E-state index in [4.69, 9.17) is 0 Å². The topological polar surface area (TPSA) is 87.7 Å². The average Bonchev–Trinajstić information content (AvgIpc) is 2.57. The molecule has 2 heterocycles. The Kier molecular flexibility index (Phi) is 5.30. The van der Waals surface area contributed by atoms with Gasteiger partial charge in [-0.15, -0.1) is 0 Å². The molecule has 0 bridgehead atoms. The molecule has 24 heavy (non-hydrogen) atoms. The summed E-state index contributed by atoms with van der Waals surface area (Å²) in [4.78, 5) is 34.9. The molecule has 1 saturated carbocycles. The number of aromatic nitrogens is 3. The van der Waals surface area contributed by atoms with Gasteiger partial charge < -0.3 is 10.3 Å². The van der Waals surface area contributed by atoms with Crippen molar-refractivity contribution in [3.05, 3.63) is 52.2 Å². The van der Waals surface area contributed by atoms with E-state index in [1.807, 2.05) is 6.07 Å². The molecule has 0 unspecified atom stereocenters. The number of hydrogen-bond acceptors (Lipinski definition) is 5. The number of carbonyl (C=O) groups excluding carboxylic acids is 1. The number of aryl methyl sites for hydroxylation is 1. The lowest BCUT2D eigenvalue weighted by molar-refractivity contribution is 0.0928. The first-order chi connectivity index (χ1) is 11.6. The predicted molar refractivity (Wildman–Crippen MR) is 93.2 cm³/mol. The Morgan fingerprint density at radius 3 is 2.58 bits per heavy atom. The normalized spacial score (nSPS) is 20.5. The number of H-pyrrole nitrogens is 1. The molecule has 1 aliphatic rings. The largest absolute Gasteiger partial charge is 0.349 e. The van der Waals surface area contributed by atoms with Crippen LogP contribution in [0.5, 0.6) is 0 Å². The van der Waals surface area contributed by atoms with Gasteiger partial charge in [0.05, 0.1) is 0 Å². The fraction of sp³-hybridized carbons (Fsp3) is 0.412. The molecular weight excluding hydrogens is 324 g/mol. The number of nitrogens with one attached hydrogen (secondary N) is 2. The zero-order valence-electron chi connectivity index (χ0n) is 13.5. The summed E-state index contributed by atoms with van der Waals surface area (Å²) in [6.45, 7) is 1.77. The Balaban J connectivity index is 1.51. The number of pyridine rings is 1. The smallest absolute Gasteiger partial charge is 0.251 e. The van der Waals surface area contributed by atoms with Crippen LogP contribution >= 0.6 is 11.8 Å². The zero-order chi connectivity index (χ0) is 16.9. The number of amides is 1. The summed E-state index contributed by atoms with van der Waals surface area (Å²) in [6.07, 6.45) is 7.40. The second kappa shape index (κ2) is 7.61. The van der Waals surface area contributed by atoms with Gasteiger partial charge in [-0.25, -0.2) is 9.97 Å². The van der Waals surface area contributed by atoms with Crippen molar-refractivity contribution in [2.24, 2.45) is 0 Å². The lowest BCUT2D eigenvalue weighted by Crippen LogP contribution is -2.38. The molecule has 1 amide bonds. The Morgan fingerprint density at radius 2 is 1.92 bits per heavy atom. The van der Waals surface area contributed by atoms with Crippen LogP contribution in [0, 0.1) is 6.92 Å². The summed E-state index contributed by atoms with van der Waals surface area (Å²) in [5.41, 5.74) is 0.865. The maximum atomic E-state index is 12.3.